The van der Waals surface area contributed by atoms with Crippen molar-refractivity contribution in [2.45, 2.75) is 26.7 Å². The Hall–Kier alpha value is -1.82. The number of nitrogen functional groups attached to an aromatic ring is 1. The normalized spacial score (nSPS) is 10.5. The van der Waals surface area contributed by atoms with E-state index >= 15 is 0 Å². The van der Waals surface area contributed by atoms with Crippen LogP contribution in [0.3, 0.4) is 0 Å². The van der Waals surface area contributed by atoms with Crippen molar-refractivity contribution in [2.75, 3.05) is 12.8 Å². The third-order valence-corrected chi connectivity index (χ3v) is 3.62. The zero-order chi connectivity index (χ0) is 15.4. The van der Waals surface area contributed by atoms with Crippen LogP contribution in [0.25, 0.3) is 0 Å². The molecule has 6 heteroatoms. The number of nitrogens with two attached hydrogens (primary N) is 1. The standard InChI is InChI=1S/C15H18BrN3O2/c1-4-5-13-18-14(17)9(2)15(19-13)21-12-7-6-10(20-3)8-11(12)16/h6-8H,4-5H2,1-3H3,(H2,17,18,19). The van der Waals surface area contributed by atoms with E-state index in [1.807, 2.05) is 25.1 Å². The maximum atomic E-state index is 5.93. The number of ether oxygens (including phenoxy) is 2. The van der Waals surface area contributed by atoms with Crippen LogP contribution < -0.4 is 15.2 Å². The van der Waals surface area contributed by atoms with Crippen LogP contribution in [0.4, 0.5) is 5.82 Å². The van der Waals surface area contributed by atoms with E-state index in [1.54, 1.807) is 7.11 Å². The van der Waals surface area contributed by atoms with E-state index in [-0.39, 0.29) is 0 Å². The molecule has 0 aliphatic carbocycles. The van der Waals surface area contributed by atoms with Gasteiger partial charge in [-0.1, -0.05) is 6.92 Å². The number of halogens is 1. The summed E-state index contributed by atoms with van der Waals surface area (Å²) in [5.41, 5.74) is 6.66. The zero-order valence-corrected chi connectivity index (χ0v) is 13.9. The molecule has 0 saturated heterocycles. The molecule has 0 atom stereocenters. The van der Waals surface area contributed by atoms with Gasteiger partial charge in [-0.3, -0.25) is 0 Å². The molecule has 2 aromatic rings. The van der Waals surface area contributed by atoms with Crippen molar-refractivity contribution in [1.82, 2.24) is 9.97 Å². The van der Waals surface area contributed by atoms with Crippen LogP contribution in [0, 0.1) is 6.92 Å². The topological polar surface area (TPSA) is 70.3 Å². The highest BCUT2D eigenvalue weighted by molar-refractivity contribution is 9.10. The number of aromatic nitrogens is 2. The minimum atomic E-state index is 0.452. The maximum absolute atomic E-state index is 5.93. The number of anilines is 1. The lowest BCUT2D eigenvalue weighted by Gasteiger charge is -2.12. The molecule has 2 rings (SSSR count). The molecule has 1 aromatic heterocycles. The SMILES string of the molecule is CCCc1nc(N)c(C)c(Oc2ccc(OC)cc2Br)n1. The summed E-state index contributed by atoms with van der Waals surface area (Å²) < 4.78 is 11.8. The number of hydrogen-bond donors (Lipinski definition) is 1. The minimum Gasteiger partial charge on any atom is -0.497 e. The summed E-state index contributed by atoms with van der Waals surface area (Å²) in [5, 5.41) is 0. The highest BCUT2D eigenvalue weighted by Crippen LogP contribution is 2.34. The Balaban J connectivity index is 2.34. The summed E-state index contributed by atoms with van der Waals surface area (Å²) in [7, 11) is 1.62. The van der Waals surface area contributed by atoms with E-state index < -0.39 is 0 Å². The molecule has 0 unspecified atom stereocenters. The Morgan fingerprint density at radius 1 is 1.29 bits per heavy atom. The Morgan fingerprint density at radius 2 is 2.05 bits per heavy atom. The second kappa shape index (κ2) is 6.76. The number of hydrogen-bond acceptors (Lipinski definition) is 5. The molecule has 0 spiro atoms. The summed E-state index contributed by atoms with van der Waals surface area (Å²) in [5.74, 6) is 3.03. The fraction of sp³-hybridized carbons (Fsp3) is 0.333. The molecular weight excluding hydrogens is 334 g/mol. The van der Waals surface area contributed by atoms with Crippen molar-refractivity contribution < 1.29 is 9.47 Å². The second-order valence-electron chi connectivity index (χ2n) is 4.60. The molecule has 21 heavy (non-hydrogen) atoms. The van der Waals surface area contributed by atoms with E-state index in [4.69, 9.17) is 15.2 Å². The second-order valence-corrected chi connectivity index (χ2v) is 5.46. The Bertz CT molecular complexity index is 647. The first-order chi connectivity index (χ1) is 10.0. The molecule has 0 saturated carbocycles. The van der Waals surface area contributed by atoms with E-state index in [0.717, 1.165) is 28.6 Å². The van der Waals surface area contributed by atoms with Crippen LogP contribution >= 0.6 is 15.9 Å². The lowest BCUT2D eigenvalue weighted by atomic mass is 10.3. The first-order valence-electron chi connectivity index (χ1n) is 6.69. The van der Waals surface area contributed by atoms with Gasteiger partial charge in [0.15, 0.2) is 0 Å². The quantitative estimate of drug-likeness (QED) is 0.884. The predicted molar refractivity (Wildman–Crippen MR) is 85.9 cm³/mol. The van der Waals surface area contributed by atoms with Gasteiger partial charge < -0.3 is 15.2 Å². The molecule has 5 nitrogen and oxygen atoms in total. The van der Waals surface area contributed by atoms with Crippen LogP contribution in [-0.2, 0) is 6.42 Å². The van der Waals surface area contributed by atoms with Gasteiger partial charge in [0.05, 0.1) is 17.1 Å². The summed E-state index contributed by atoms with van der Waals surface area (Å²) in [6.07, 6.45) is 1.72. The Kier molecular flexibility index (Phi) is 5.01. The molecule has 0 bridgehead atoms. The molecular formula is C15H18BrN3O2. The molecule has 0 aliphatic rings. The third-order valence-electron chi connectivity index (χ3n) is 3.00. The van der Waals surface area contributed by atoms with Gasteiger partial charge in [-0.15, -0.1) is 0 Å². The van der Waals surface area contributed by atoms with Gasteiger partial charge in [0, 0.05) is 6.42 Å². The van der Waals surface area contributed by atoms with Crippen molar-refractivity contribution in [1.29, 1.82) is 0 Å². The molecule has 0 radical (unpaired) electrons. The van der Waals surface area contributed by atoms with Crippen molar-refractivity contribution in [3.63, 3.8) is 0 Å². The van der Waals surface area contributed by atoms with Crippen molar-refractivity contribution in [3.8, 4) is 17.4 Å². The Morgan fingerprint density at radius 3 is 2.67 bits per heavy atom. The van der Waals surface area contributed by atoms with Gasteiger partial charge in [-0.05, 0) is 47.5 Å². The lowest BCUT2D eigenvalue weighted by molar-refractivity contribution is 0.411. The fourth-order valence-electron chi connectivity index (χ4n) is 1.79. The average Bonchev–Trinajstić information content (AvgIpc) is 2.46. The molecule has 0 fully saturated rings. The predicted octanol–water partition coefficient (Wildman–Crippen LogP) is 3.88. The van der Waals surface area contributed by atoms with Crippen molar-refractivity contribution >= 4 is 21.7 Å². The van der Waals surface area contributed by atoms with E-state index in [2.05, 4.69) is 32.8 Å². The van der Waals surface area contributed by atoms with Gasteiger partial charge in [0.2, 0.25) is 5.88 Å². The first kappa shape index (κ1) is 15.6. The summed E-state index contributed by atoms with van der Waals surface area (Å²) in [4.78, 5) is 8.71. The van der Waals surface area contributed by atoms with Gasteiger partial charge >= 0.3 is 0 Å². The number of nitrogens with zero attached hydrogens (tertiary/aromatic N) is 2. The van der Waals surface area contributed by atoms with Crippen LogP contribution in [0.15, 0.2) is 22.7 Å². The molecule has 2 N–H and O–H groups in total. The van der Waals surface area contributed by atoms with Gasteiger partial charge in [0.25, 0.3) is 0 Å². The smallest absolute Gasteiger partial charge is 0.227 e. The molecule has 0 aliphatic heterocycles. The number of aryl methyl sites for hydroxylation is 1. The van der Waals surface area contributed by atoms with Gasteiger partial charge in [-0.25, -0.2) is 4.98 Å². The Labute approximate surface area is 132 Å². The van der Waals surface area contributed by atoms with Crippen LogP contribution in [0.5, 0.6) is 17.4 Å². The molecule has 112 valence electrons. The average molecular weight is 352 g/mol. The number of benzene rings is 1. The van der Waals surface area contributed by atoms with Crippen LogP contribution in [0.2, 0.25) is 0 Å². The zero-order valence-electron chi connectivity index (χ0n) is 12.3. The largest absolute Gasteiger partial charge is 0.497 e. The van der Waals surface area contributed by atoms with Crippen LogP contribution in [-0.4, -0.2) is 17.1 Å². The van der Waals surface area contributed by atoms with E-state index in [9.17, 15) is 0 Å². The van der Waals surface area contributed by atoms with Gasteiger partial charge in [-0.2, -0.15) is 4.98 Å². The summed E-state index contributed by atoms with van der Waals surface area (Å²) >= 11 is 3.46. The summed E-state index contributed by atoms with van der Waals surface area (Å²) in [6.45, 7) is 3.91. The first-order valence-corrected chi connectivity index (χ1v) is 7.48. The monoisotopic (exact) mass is 351 g/mol. The number of rotatable bonds is 5. The summed E-state index contributed by atoms with van der Waals surface area (Å²) in [6, 6.07) is 5.48. The molecule has 0 amide bonds. The highest BCUT2D eigenvalue weighted by Gasteiger charge is 2.12. The van der Waals surface area contributed by atoms with Crippen molar-refractivity contribution in [3.05, 3.63) is 34.1 Å². The van der Waals surface area contributed by atoms with Crippen LogP contribution in [0.1, 0.15) is 24.7 Å². The fourth-order valence-corrected chi connectivity index (χ4v) is 2.23. The number of methoxy groups -OCH3 is 1. The third kappa shape index (κ3) is 3.64. The van der Waals surface area contributed by atoms with Crippen molar-refractivity contribution in [2.24, 2.45) is 0 Å². The lowest BCUT2D eigenvalue weighted by Crippen LogP contribution is -2.05. The molecule has 1 aromatic carbocycles. The van der Waals surface area contributed by atoms with Gasteiger partial charge in [0.1, 0.15) is 23.1 Å². The molecule has 1 heterocycles. The minimum absolute atomic E-state index is 0.452. The maximum Gasteiger partial charge on any atom is 0.227 e. The van der Waals surface area contributed by atoms with E-state index in [1.165, 1.54) is 0 Å². The highest BCUT2D eigenvalue weighted by atomic mass is 79.9. The van der Waals surface area contributed by atoms with E-state index in [0.29, 0.717) is 23.3 Å².